The zero-order valence-electron chi connectivity index (χ0n) is 13.2. The maximum absolute atomic E-state index is 3.30. The van der Waals surface area contributed by atoms with Gasteiger partial charge in [-0.1, -0.05) is 52.4 Å². The van der Waals surface area contributed by atoms with Gasteiger partial charge in [0.1, 0.15) is 0 Å². The second kappa shape index (κ2) is 18.5. The molecular weight excluding hydrogens is 378 g/mol. The van der Waals surface area contributed by atoms with E-state index in [1.54, 1.807) is 0 Å². The van der Waals surface area contributed by atoms with Crippen LogP contribution in [0.5, 0.6) is 0 Å². The molecular formula is C18H26Cl2Zr. The summed E-state index contributed by atoms with van der Waals surface area (Å²) in [5.74, 6) is 0. The molecule has 0 aromatic carbocycles. The number of halogens is 2. The maximum atomic E-state index is 3.30. The van der Waals surface area contributed by atoms with Crippen molar-refractivity contribution in [1.29, 1.82) is 0 Å². The summed E-state index contributed by atoms with van der Waals surface area (Å²) in [5.41, 5.74) is 2.83. The second-order valence-electron chi connectivity index (χ2n) is 4.82. The van der Waals surface area contributed by atoms with Crippen LogP contribution in [0, 0.1) is 12.2 Å². The second-order valence-corrected chi connectivity index (χ2v) is 4.82. The Kier molecular flexibility index (Phi) is 23.2. The molecule has 0 aliphatic heterocycles. The van der Waals surface area contributed by atoms with E-state index in [-0.39, 0.29) is 51.0 Å². The van der Waals surface area contributed by atoms with E-state index in [1.165, 1.54) is 49.7 Å². The molecule has 0 fully saturated rings. The van der Waals surface area contributed by atoms with Crippen LogP contribution in [0.1, 0.15) is 65.2 Å². The van der Waals surface area contributed by atoms with Crippen molar-refractivity contribution in [2.75, 3.05) is 0 Å². The summed E-state index contributed by atoms with van der Waals surface area (Å²) < 4.78 is 0. The fourth-order valence-corrected chi connectivity index (χ4v) is 1.98. The van der Waals surface area contributed by atoms with Crippen LogP contribution < -0.4 is 24.8 Å². The molecule has 0 heterocycles. The van der Waals surface area contributed by atoms with Crippen molar-refractivity contribution in [3.63, 3.8) is 0 Å². The van der Waals surface area contributed by atoms with Gasteiger partial charge < -0.3 is 24.8 Å². The molecule has 0 spiro atoms. The van der Waals surface area contributed by atoms with Gasteiger partial charge in [-0.3, -0.25) is 12.2 Å². The van der Waals surface area contributed by atoms with Gasteiger partial charge in [0, 0.05) is 0 Å². The topological polar surface area (TPSA) is 0 Å². The van der Waals surface area contributed by atoms with Gasteiger partial charge in [-0.2, -0.15) is 12.2 Å². The van der Waals surface area contributed by atoms with E-state index in [0.29, 0.717) is 0 Å². The standard InChI is InChI=1S/2C9H13.2ClH.Zr/c2*1-2-3-6-9-7-4-5-8-9;;;/h2*4,7H,2-3,5-6H2,1H3;2*1H;/q2*-1;;;+4/p-2. The third-order valence-electron chi connectivity index (χ3n) is 3.13. The van der Waals surface area contributed by atoms with Crippen LogP contribution in [0.3, 0.4) is 0 Å². The average Bonchev–Trinajstić information content (AvgIpc) is 3.07. The Hall–Kier alpha value is 0.423. The van der Waals surface area contributed by atoms with Crippen molar-refractivity contribution in [3.05, 3.63) is 47.6 Å². The molecule has 116 valence electrons. The Balaban J connectivity index is -0.000000270. The summed E-state index contributed by atoms with van der Waals surface area (Å²) in [5, 5.41) is 0. The van der Waals surface area contributed by atoms with Gasteiger partial charge in [0.25, 0.3) is 0 Å². The summed E-state index contributed by atoms with van der Waals surface area (Å²) in [6.07, 6.45) is 25.1. The van der Waals surface area contributed by atoms with Crippen LogP contribution in [0.2, 0.25) is 0 Å². The Morgan fingerprint density at radius 1 is 0.810 bits per heavy atom. The summed E-state index contributed by atoms with van der Waals surface area (Å²) >= 11 is 0. The number of allylic oxidation sites excluding steroid dienone is 8. The molecule has 0 saturated carbocycles. The van der Waals surface area contributed by atoms with Crippen molar-refractivity contribution in [3.8, 4) is 0 Å². The van der Waals surface area contributed by atoms with Crippen molar-refractivity contribution >= 4 is 0 Å². The minimum absolute atomic E-state index is 0. The Morgan fingerprint density at radius 2 is 1.19 bits per heavy atom. The zero-order chi connectivity index (χ0) is 13.1. The van der Waals surface area contributed by atoms with Crippen LogP contribution in [0.4, 0.5) is 0 Å². The molecule has 0 radical (unpaired) electrons. The van der Waals surface area contributed by atoms with E-state index < -0.39 is 0 Å². The fourth-order valence-electron chi connectivity index (χ4n) is 1.98. The predicted molar refractivity (Wildman–Crippen MR) is 80.1 cm³/mol. The van der Waals surface area contributed by atoms with E-state index in [1.807, 2.05) is 0 Å². The number of hydrogen-bond acceptors (Lipinski definition) is 0. The molecule has 0 saturated heterocycles. The predicted octanol–water partition coefficient (Wildman–Crippen LogP) is -0.262. The van der Waals surface area contributed by atoms with Gasteiger partial charge in [0.15, 0.2) is 0 Å². The third-order valence-corrected chi connectivity index (χ3v) is 3.13. The van der Waals surface area contributed by atoms with E-state index in [4.69, 9.17) is 0 Å². The molecule has 0 aromatic rings. The first-order valence-corrected chi connectivity index (χ1v) is 7.39. The van der Waals surface area contributed by atoms with Gasteiger partial charge in [0.2, 0.25) is 0 Å². The average molecular weight is 405 g/mol. The molecule has 3 heteroatoms. The van der Waals surface area contributed by atoms with Gasteiger partial charge >= 0.3 is 26.2 Å². The van der Waals surface area contributed by atoms with Crippen LogP contribution in [-0.4, -0.2) is 0 Å². The zero-order valence-corrected chi connectivity index (χ0v) is 17.2. The number of rotatable bonds is 6. The molecule has 0 nitrogen and oxygen atoms in total. The number of unbranched alkanes of at least 4 members (excludes halogenated alkanes) is 2. The molecule has 0 aromatic heterocycles. The van der Waals surface area contributed by atoms with Gasteiger partial charge in [-0.05, 0) is 0 Å². The molecule has 2 aliphatic carbocycles. The quantitative estimate of drug-likeness (QED) is 0.535. The van der Waals surface area contributed by atoms with Crippen LogP contribution in [-0.2, 0) is 26.2 Å². The van der Waals surface area contributed by atoms with E-state index in [0.717, 1.165) is 12.8 Å². The first-order valence-electron chi connectivity index (χ1n) is 7.39. The van der Waals surface area contributed by atoms with Crippen molar-refractivity contribution in [2.24, 2.45) is 0 Å². The molecule has 0 N–H and O–H groups in total. The molecule has 0 amide bonds. The van der Waals surface area contributed by atoms with Crippen molar-refractivity contribution in [1.82, 2.24) is 0 Å². The molecule has 2 rings (SSSR count). The summed E-state index contributed by atoms with van der Waals surface area (Å²) in [7, 11) is 0. The third kappa shape index (κ3) is 13.8. The Bertz CT molecular complexity index is 307. The van der Waals surface area contributed by atoms with Gasteiger partial charge in [-0.25, -0.2) is 23.3 Å². The Morgan fingerprint density at radius 3 is 1.43 bits per heavy atom. The Labute approximate surface area is 163 Å². The largest absolute Gasteiger partial charge is 4.00 e. The fraction of sp³-hybridized carbons (Fsp3) is 0.556. The molecule has 0 unspecified atom stereocenters. The van der Waals surface area contributed by atoms with E-state index >= 15 is 0 Å². The van der Waals surface area contributed by atoms with E-state index in [2.05, 4.69) is 50.3 Å². The normalized spacial score (nSPS) is 14.0. The minimum atomic E-state index is 0. The van der Waals surface area contributed by atoms with Crippen molar-refractivity contribution < 1.29 is 51.0 Å². The first-order chi connectivity index (χ1) is 8.86. The van der Waals surface area contributed by atoms with Gasteiger partial charge in [0.05, 0.1) is 0 Å². The summed E-state index contributed by atoms with van der Waals surface area (Å²) in [4.78, 5) is 0. The maximum Gasteiger partial charge on any atom is 4.00 e. The SMILES string of the molecule is CCCCC1=[C-]CC=C1.CCCCC1=[C-]CC=C1.[Cl-].[Cl-].[Zr+4]. The molecule has 0 atom stereocenters. The molecule has 0 bridgehead atoms. The molecule has 2 aliphatic rings. The monoisotopic (exact) mass is 402 g/mol. The number of hydrogen-bond donors (Lipinski definition) is 0. The van der Waals surface area contributed by atoms with Gasteiger partial charge in [-0.15, -0.1) is 12.8 Å². The van der Waals surface area contributed by atoms with Crippen LogP contribution in [0.15, 0.2) is 35.5 Å². The minimum Gasteiger partial charge on any atom is -1.00 e. The summed E-state index contributed by atoms with van der Waals surface area (Å²) in [6, 6.07) is 0. The van der Waals surface area contributed by atoms with Crippen LogP contribution >= 0.6 is 0 Å². The first kappa shape index (κ1) is 26.3. The smallest absolute Gasteiger partial charge is 1.00 e. The van der Waals surface area contributed by atoms with Crippen LogP contribution in [0.25, 0.3) is 0 Å². The van der Waals surface area contributed by atoms with E-state index in [9.17, 15) is 0 Å². The summed E-state index contributed by atoms with van der Waals surface area (Å²) in [6.45, 7) is 4.44. The van der Waals surface area contributed by atoms with Crippen molar-refractivity contribution in [2.45, 2.75) is 65.2 Å². The molecule has 21 heavy (non-hydrogen) atoms.